The minimum Gasteiger partial charge on any atom is -0.493 e. The molecule has 7 heteroatoms. The number of carbonyl (C=O) groups excluding carboxylic acids is 1. The summed E-state index contributed by atoms with van der Waals surface area (Å²) in [5.41, 5.74) is 1.14. The average molecular weight is 375 g/mol. The molecule has 1 aliphatic rings. The summed E-state index contributed by atoms with van der Waals surface area (Å²) in [4.78, 5) is 12.3. The molecule has 2 aromatic carbocycles. The molecule has 1 fully saturated rings. The maximum Gasteiger partial charge on any atom is 0.345 e. The molecule has 3 rings (SSSR count). The van der Waals surface area contributed by atoms with Crippen molar-refractivity contribution in [1.82, 2.24) is 5.01 Å². The van der Waals surface area contributed by atoms with Gasteiger partial charge in [-0.15, -0.1) is 0 Å². The fourth-order valence-electron chi connectivity index (χ4n) is 2.45. The van der Waals surface area contributed by atoms with E-state index < -0.39 is 5.97 Å². The van der Waals surface area contributed by atoms with Gasteiger partial charge < -0.3 is 14.2 Å². The van der Waals surface area contributed by atoms with Crippen molar-refractivity contribution in [3.05, 3.63) is 58.6 Å². The Balaban J connectivity index is 1.73. The van der Waals surface area contributed by atoms with Crippen LogP contribution < -0.4 is 9.47 Å². The smallest absolute Gasteiger partial charge is 0.345 e. The van der Waals surface area contributed by atoms with Crippen molar-refractivity contribution in [2.45, 2.75) is 0 Å². The van der Waals surface area contributed by atoms with Crippen molar-refractivity contribution in [1.29, 1.82) is 0 Å². The van der Waals surface area contributed by atoms with Crippen LogP contribution in [-0.4, -0.2) is 50.6 Å². The molecule has 1 aliphatic heterocycles. The Labute approximate surface area is 156 Å². The zero-order valence-electron chi connectivity index (χ0n) is 14.4. The van der Waals surface area contributed by atoms with E-state index in [4.69, 9.17) is 25.8 Å². The van der Waals surface area contributed by atoms with E-state index in [1.807, 2.05) is 11.1 Å². The van der Waals surface area contributed by atoms with Gasteiger partial charge in [-0.3, -0.25) is 5.01 Å². The Hall–Kier alpha value is -2.57. The molecule has 0 spiro atoms. The molecule has 0 aliphatic carbocycles. The van der Waals surface area contributed by atoms with Gasteiger partial charge in [0.1, 0.15) is 0 Å². The molecular formula is C19H19ClN2O4. The van der Waals surface area contributed by atoms with Crippen molar-refractivity contribution >= 4 is 23.8 Å². The van der Waals surface area contributed by atoms with E-state index in [-0.39, 0.29) is 0 Å². The Kier molecular flexibility index (Phi) is 6.09. The lowest BCUT2D eigenvalue weighted by atomic mass is 10.2. The molecule has 0 amide bonds. The number of methoxy groups -OCH3 is 1. The number of halogens is 1. The lowest BCUT2D eigenvalue weighted by Gasteiger charge is -2.23. The normalized spacial score (nSPS) is 14.5. The number of hydrogen-bond acceptors (Lipinski definition) is 6. The highest BCUT2D eigenvalue weighted by Gasteiger charge is 2.15. The van der Waals surface area contributed by atoms with Crippen molar-refractivity contribution in [3.63, 3.8) is 0 Å². The van der Waals surface area contributed by atoms with Crippen LogP contribution in [0.25, 0.3) is 0 Å². The Bertz CT molecular complexity index is 804. The first kappa shape index (κ1) is 18.2. The summed E-state index contributed by atoms with van der Waals surface area (Å²) < 4.78 is 16.1. The van der Waals surface area contributed by atoms with Crippen LogP contribution in [0.3, 0.4) is 0 Å². The molecule has 0 unspecified atom stereocenters. The molecule has 1 heterocycles. The van der Waals surface area contributed by atoms with Crippen LogP contribution in [0.2, 0.25) is 5.02 Å². The van der Waals surface area contributed by atoms with Gasteiger partial charge in [0, 0.05) is 0 Å². The Morgan fingerprint density at radius 1 is 1.19 bits per heavy atom. The van der Waals surface area contributed by atoms with Crippen LogP contribution in [0.15, 0.2) is 47.6 Å². The van der Waals surface area contributed by atoms with Gasteiger partial charge in [-0.05, 0) is 35.9 Å². The van der Waals surface area contributed by atoms with Crippen LogP contribution in [0.5, 0.6) is 11.5 Å². The van der Waals surface area contributed by atoms with Crippen LogP contribution in [0.4, 0.5) is 0 Å². The largest absolute Gasteiger partial charge is 0.493 e. The first-order valence-corrected chi connectivity index (χ1v) is 8.56. The van der Waals surface area contributed by atoms with Gasteiger partial charge in [0.2, 0.25) is 0 Å². The van der Waals surface area contributed by atoms with Gasteiger partial charge in [0.25, 0.3) is 0 Å². The van der Waals surface area contributed by atoms with Gasteiger partial charge in [0.05, 0.1) is 50.2 Å². The third kappa shape index (κ3) is 4.53. The van der Waals surface area contributed by atoms with Gasteiger partial charge in [-0.25, -0.2) is 4.79 Å². The second-order valence-corrected chi connectivity index (χ2v) is 6.00. The molecule has 1 saturated heterocycles. The SMILES string of the molecule is COc1cc(/C=N\N2CCOCC2)ccc1OC(=O)c1ccccc1Cl. The average Bonchev–Trinajstić information content (AvgIpc) is 2.68. The summed E-state index contributed by atoms with van der Waals surface area (Å²) in [7, 11) is 1.52. The van der Waals surface area contributed by atoms with Gasteiger partial charge in [0.15, 0.2) is 11.5 Å². The fraction of sp³-hybridized carbons (Fsp3) is 0.263. The fourth-order valence-corrected chi connectivity index (χ4v) is 2.66. The molecule has 2 aromatic rings. The first-order chi connectivity index (χ1) is 12.7. The molecule has 0 atom stereocenters. The number of benzene rings is 2. The molecular weight excluding hydrogens is 356 g/mol. The first-order valence-electron chi connectivity index (χ1n) is 8.19. The predicted octanol–water partition coefficient (Wildman–Crippen LogP) is 3.23. The molecule has 6 nitrogen and oxygen atoms in total. The van der Waals surface area contributed by atoms with Crippen LogP contribution >= 0.6 is 11.6 Å². The van der Waals surface area contributed by atoms with Crippen molar-refractivity contribution in [2.75, 3.05) is 33.4 Å². The Morgan fingerprint density at radius 2 is 1.96 bits per heavy atom. The van der Waals surface area contributed by atoms with Gasteiger partial charge in [-0.2, -0.15) is 5.10 Å². The quantitative estimate of drug-likeness (QED) is 0.457. The minimum absolute atomic E-state index is 0.300. The zero-order chi connectivity index (χ0) is 18.4. The summed E-state index contributed by atoms with van der Waals surface area (Å²) >= 11 is 6.04. The molecule has 0 saturated carbocycles. The standard InChI is InChI=1S/C19H19ClN2O4/c1-24-18-12-14(13-21-22-8-10-25-11-9-22)6-7-17(18)26-19(23)15-4-2-3-5-16(15)20/h2-7,12-13H,8-11H2,1H3/b21-13-. The highest BCUT2D eigenvalue weighted by molar-refractivity contribution is 6.33. The number of morpholine rings is 1. The summed E-state index contributed by atoms with van der Waals surface area (Å²) in [5, 5.41) is 6.71. The van der Waals surface area contributed by atoms with Crippen molar-refractivity contribution in [3.8, 4) is 11.5 Å². The van der Waals surface area contributed by atoms with E-state index >= 15 is 0 Å². The number of nitrogens with zero attached hydrogens (tertiary/aromatic N) is 2. The summed E-state index contributed by atoms with van der Waals surface area (Å²) in [6, 6.07) is 12.0. The van der Waals surface area contributed by atoms with Crippen molar-refractivity contribution < 1.29 is 19.0 Å². The highest BCUT2D eigenvalue weighted by Crippen LogP contribution is 2.29. The van der Waals surface area contributed by atoms with Crippen LogP contribution in [0.1, 0.15) is 15.9 Å². The van der Waals surface area contributed by atoms with E-state index in [0.717, 1.165) is 18.7 Å². The number of ether oxygens (including phenoxy) is 3. The molecule has 0 bridgehead atoms. The topological polar surface area (TPSA) is 60.4 Å². The van der Waals surface area contributed by atoms with Crippen molar-refractivity contribution in [2.24, 2.45) is 5.10 Å². The maximum absolute atomic E-state index is 12.3. The Morgan fingerprint density at radius 3 is 2.69 bits per heavy atom. The van der Waals surface area contributed by atoms with E-state index in [2.05, 4.69) is 5.10 Å². The highest BCUT2D eigenvalue weighted by atomic mass is 35.5. The van der Waals surface area contributed by atoms with E-state index in [1.165, 1.54) is 7.11 Å². The summed E-state index contributed by atoms with van der Waals surface area (Å²) in [6.45, 7) is 2.89. The molecule has 0 N–H and O–H groups in total. The summed E-state index contributed by atoms with van der Waals surface area (Å²) in [5.74, 6) is 0.223. The van der Waals surface area contributed by atoms with E-state index in [0.29, 0.717) is 35.3 Å². The van der Waals surface area contributed by atoms with E-state index in [9.17, 15) is 4.79 Å². The number of hydrogen-bond donors (Lipinski definition) is 0. The minimum atomic E-state index is -0.538. The molecule has 136 valence electrons. The second-order valence-electron chi connectivity index (χ2n) is 5.59. The third-order valence-corrected chi connectivity index (χ3v) is 4.17. The molecule has 0 radical (unpaired) electrons. The maximum atomic E-state index is 12.3. The number of esters is 1. The lowest BCUT2D eigenvalue weighted by molar-refractivity contribution is 0.0397. The van der Waals surface area contributed by atoms with Gasteiger partial charge >= 0.3 is 5.97 Å². The van der Waals surface area contributed by atoms with Crippen LogP contribution in [0, 0.1) is 0 Å². The zero-order valence-corrected chi connectivity index (χ0v) is 15.1. The number of carbonyl (C=O) groups is 1. The van der Waals surface area contributed by atoms with Crippen LogP contribution in [-0.2, 0) is 4.74 Å². The lowest BCUT2D eigenvalue weighted by Crippen LogP contribution is -2.32. The second kappa shape index (κ2) is 8.69. The predicted molar refractivity (Wildman–Crippen MR) is 99.4 cm³/mol. The molecule has 26 heavy (non-hydrogen) atoms. The summed E-state index contributed by atoms with van der Waals surface area (Å²) in [6.07, 6.45) is 1.74. The monoisotopic (exact) mass is 374 g/mol. The third-order valence-electron chi connectivity index (χ3n) is 3.84. The molecule has 0 aromatic heterocycles. The number of hydrazone groups is 1. The number of rotatable bonds is 5. The van der Waals surface area contributed by atoms with Gasteiger partial charge in [-0.1, -0.05) is 23.7 Å². The van der Waals surface area contributed by atoms with E-state index in [1.54, 1.807) is 42.6 Å².